The minimum absolute atomic E-state index is 0.0805. The number of ether oxygens (including phenoxy) is 1. The second-order valence-corrected chi connectivity index (χ2v) is 5.87. The summed E-state index contributed by atoms with van der Waals surface area (Å²) in [6, 6.07) is 5.08. The van der Waals surface area contributed by atoms with Crippen LogP contribution in [-0.2, 0) is 16.1 Å². The predicted molar refractivity (Wildman–Crippen MR) is 78.2 cm³/mol. The van der Waals surface area contributed by atoms with Gasteiger partial charge in [-0.1, -0.05) is 18.7 Å². The largest absolute Gasteiger partial charge is 0.373 e. The Balaban J connectivity index is 1.85. The molecule has 0 unspecified atom stereocenters. The predicted octanol–water partition coefficient (Wildman–Crippen LogP) is 2.97. The van der Waals surface area contributed by atoms with Crippen molar-refractivity contribution in [3.63, 3.8) is 0 Å². The first-order chi connectivity index (χ1) is 10.1. The van der Waals surface area contributed by atoms with E-state index >= 15 is 0 Å². The number of nitrogens with zero attached hydrogens (tertiary/aromatic N) is 1. The molecule has 2 fully saturated rings. The van der Waals surface area contributed by atoms with E-state index in [1.54, 1.807) is 17.9 Å². The summed E-state index contributed by atoms with van der Waals surface area (Å²) in [6.45, 7) is 5.75. The van der Waals surface area contributed by atoms with Gasteiger partial charge in [0.2, 0.25) is 5.91 Å². The maximum atomic E-state index is 13.7. The smallest absolute Gasteiger partial charge is 0.246 e. The first-order valence-corrected chi connectivity index (χ1v) is 7.42. The van der Waals surface area contributed by atoms with E-state index in [4.69, 9.17) is 4.74 Å². The fraction of sp³-hybridized carbons (Fsp3) is 0.471. The standard InChI is InChI=1S/C17H20FNO2/c1-3-17(20)19(15-9-13-7-8-16(15)21-13)10-12-5-4-6-14(18)11(12)2/h3-6,13,15-16H,1,7-10H2,2H3/t13-,15+,16+/m0/s1. The van der Waals surface area contributed by atoms with Crippen molar-refractivity contribution in [2.75, 3.05) is 0 Å². The van der Waals surface area contributed by atoms with E-state index in [9.17, 15) is 9.18 Å². The lowest BCUT2D eigenvalue weighted by Crippen LogP contribution is -2.44. The van der Waals surface area contributed by atoms with Gasteiger partial charge in [0, 0.05) is 6.54 Å². The van der Waals surface area contributed by atoms with Gasteiger partial charge in [-0.25, -0.2) is 4.39 Å². The number of rotatable bonds is 4. The summed E-state index contributed by atoms with van der Waals surface area (Å²) in [5.41, 5.74) is 1.44. The van der Waals surface area contributed by atoms with Crippen molar-refractivity contribution < 1.29 is 13.9 Å². The molecule has 112 valence electrons. The molecule has 0 spiro atoms. The summed E-state index contributed by atoms with van der Waals surface area (Å²) in [6.07, 6.45) is 4.68. The molecule has 3 atom stereocenters. The normalized spacial score (nSPS) is 26.9. The minimum Gasteiger partial charge on any atom is -0.373 e. The Bertz CT molecular complexity index is 572. The lowest BCUT2D eigenvalue weighted by atomic mass is 9.93. The van der Waals surface area contributed by atoms with Gasteiger partial charge in [0.1, 0.15) is 5.82 Å². The van der Waals surface area contributed by atoms with Gasteiger partial charge in [-0.2, -0.15) is 0 Å². The molecule has 0 aliphatic carbocycles. The topological polar surface area (TPSA) is 29.5 Å². The van der Waals surface area contributed by atoms with Crippen LogP contribution >= 0.6 is 0 Å². The van der Waals surface area contributed by atoms with Gasteiger partial charge in [-0.05, 0) is 49.5 Å². The van der Waals surface area contributed by atoms with E-state index in [0.29, 0.717) is 12.1 Å². The number of carbonyl (C=O) groups is 1. The van der Waals surface area contributed by atoms with Crippen LogP contribution in [0.25, 0.3) is 0 Å². The van der Waals surface area contributed by atoms with Crippen LogP contribution in [-0.4, -0.2) is 29.1 Å². The third-order valence-electron chi connectivity index (χ3n) is 4.65. The number of amides is 1. The molecule has 0 N–H and O–H groups in total. The summed E-state index contributed by atoms with van der Waals surface area (Å²) in [7, 11) is 0. The first-order valence-electron chi connectivity index (χ1n) is 7.42. The second kappa shape index (κ2) is 5.60. The van der Waals surface area contributed by atoms with Gasteiger partial charge in [0.25, 0.3) is 0 Å². The van der Waals surface area contributed by atoms with Gasteiger partial charge in [-0.3, -0.25) is 4.79 Å². The molecule has 2 saturated heterocycles. The van der Waals surface area contributed by atoms with E-state index < -0.39 is 0 Å². The zero-order valence-corrected chi connectivity index (χ0v) is 12.2. The highest BCUT2D eigenvalue weighted by molar-refractivity contribution is 5.87. The summed E-state index contributed by atoms with van der Waals surface area (Å²) in [4.78, 5) is 14.0. The number of hydrogen-bond donors (Lipinski definition) is 0. The Hall–Kier alpha value is -1.68. The molecule has 2 aliphatic heterocycles. The Morgan fingerprint density at radius 3 is 2.95 bits per heavy atom. The molecule has 1 aromatic rings. The Labute approximate surface area is 124 Å². The Morgan fingerprint density at radius 1 is 1.52 bits per heavy atom. The van der Waals surface area contributed by atoms with E-state index in [-0.39, 0.29) is 30.0 Å². The number of halogens is 1. The summed E-state index contributed by atoms with van der Waals surface area (Å²) in [5.74, 6) is -0.345. The van der Waals surface area contributed by atoms with Crippen molar-refractivity contribution in [2.24, 2.45) is 0 Å². The highest BCUT2D eigenvalue weighted by atomic mass is 19.1. The molecule has 21 heavy (non-hydrogen) atoms. The van der Waals surface area contributed by atoms with Gasteiger partial charge >= 0.3 is 0 Å². The molecule has 4 heteroatoms. The van der Waals surface area contributed by atoms with Crippen LogP contribution in [0.5, 0.6) is 0 Å². The third kappa shape index (κ3) is 2.60. The molecule has 3 nitrogen and oxygen atoms in total. The average molecular weight is 289 g/mol. The maximum Gasteiger partial charge on any atom is 0.246 e. The van der Waals surface area contributed by atoms with Crippen LogP contribution in [0.3, 0.4) is 0 Å². The molecule has 2 aliphatic rings. The number of benzene rings is 1. The van der Waals surface area contributed by atoms with Crippen LogP contribution in [0.15, 0.2) is 30.9 Å². The molecule has 3 rings (SSSR count). The van der Waals surface area contributed by atoms with Crippen molar-refractivity contribution in [1.82, 2.24) is 4.90 Å². The molecule has 0 saturated carbocycles. The van der Waals surface area contributed by atoms with E-state index in [2.05, 4.69) is 6.58 Å². The number of hydrogen-bond acceptors (Lipinski definition) is 2. The quantitative estimate of drug-likeness (QED) is 0.798. The fourth-order valence-electron chi connectivity index (χ4n) is 3.42. The highest BCUT2D eigenvalue weighted by Gasteiger charge is 2.44. The van der Waals surface area contributed by atoms with Crippen molar-refractivity contribution in [2.45, 2.75) is 51.0 Å². The maximum absolute atomic E-state index is 13.7. The Kier molecular flexibility index (Phi) is 3.81. The highest BCUT2D eigenvalue weighted by Crippen LogP contribution is 2.38. The summed E-state index contributed by atoms with van der Waals surface area (Å²) in [5, 5.41) is 0. The van der Waals surface area contributed by atoms with Gasteiger partial charge in [0.15, 0.2) is 0 Å². The SMILES string of the molecule is C=CC(=O)N(Cc1cccc(F)c1C)[C@@H]1C[C@@H]2CC[C@H]1O2. The van der Waals surface area contributed by atoms with Crippen LogP contribution in [0.1, 0.15) is 30.4 Å². The van der Waals surface area contributed by atoms with E-state index in [1.165, 1.54) is 12.1 Å². The fourth-order valence-corrected chi connectivity index (χ4v) is 3.42. The average Bonchev–Trinajstić information content (AvgIpc) is 3.10. The Morgan fingerprint density at radius 2 is 2.33 bits per heavy atom. The van der Waals surface area contributed by atoms with Crippen molar-refractivity contribution >= 4 is 5.91 Å². The summed E-state index contributed by atoms with van der Waals surface area (Å²) < 4.78 is 19.5. The molecule has 2 bridgehead atoms. The van der Waals surface area contributed by atoms with Gasteiger partial charge < -0.3 is 9.64 Å². The lowest BCUT2D eigenvalue weighted by Gasteiger charge is -2.32. The number of carbonyl (C=O) groups excluding carboxylic acids is 1. The summed E-state index contributed by atoms with van der Waals surface area (Å²) >= 11 is 0. The second-order valence-electron chi connectivity index (χ2n) is 5.87. The van der Waals surface area contributed by atoms with Crippen LogP contribution in [0.4, 0.5) is 4.39 Å². The molecular weight excluding hydrogens is 269 g/mol. The molecule has 1 amide bonds. The number of fused-ring (bicyclic) bond motifs is 2. The van der Waals surface area contributed by atoms with Crippen molar-refractivity contribution in [1.29, 1.82) is 0 Å². The molecule has 1 aromatic carbocycles. The molecular formula is C17H20FNO2. The van der Waals surface area contributed by atoms with Crippen molar-refractivity contribution in [3.05, 3.63) is 47.8 Å². The third-order valence-corrected chi connectivity index (χ3v) is 4.65. The molecule has 0 aromatic heterocycles. The monoisotopic (exact) mass is 289 g/mol. The molecule has 0 radical (unpaired) electrons. The first kappa shape index (κ1) is 14.3. The van der Waals surface area contributed by atoms with Crippen LogP contribution in [0, 0.1) is 12.7 Å². The van der Waals surface area contributed by atoms with Crippen LogP contribution < -0.4 is 0 Å². The van der Waals surface area contributed by atoms with Crippen molar-refractivity contribution in [3.8, 4) is 0 Å². The van der Waals surface area contributed by atoms with Gasteiger partial charge in [0.05, 0.1) is 18.2 Å². The molecule has 2 heterocycles. The zero-order valence-electron chi connectivity index (χ0n) is 12.2. The van der Waals surface area contributed by atoms with Gasteiger partial charge in [-0.15, -0.1) is 0 Å². The van der Waals surface area contributed by atoms with E-state index in [1.807, 2.05) is 6.07 Å². The minimum atomic E-state index is -0.234. The van der Waals surface area contributed by atoms with Crippen LogP contribution in [0.2, 0.25) is 0 Å². The lowest BCUT2D eigenvalue weighted by molar-refractivity contribution is -0.130. The van der Waals surface area contributed by atoms with E-state index in [0.717, 1.165) is 24.8 Å². The zero-order chi connectivity index (χ0) is 15.0.